The van der Waals surface area contributed by atoms with Crippen LogP contribution in [0.1, 0.15) is 19.8 Å². The van der Waals surface area contributed by atoms with E-state index in [2.05, 4.69) is 0 Å². The van der Waals surface area contributed by atoms with Crippen LogP contribution in [-0.4, -0.2) is 36.7 Å². The van der Waals surface area contributed by atoms with Gasteiger partial charge < -0.3 is 20.5 Å². The van der Waals surface area contributed by atoms with Crippen molar-refractivity contribution < 1.29 is 19.4 Å². The molecule has 0 aliphatic heterocycles. The van der Waals surface area contributed by atoms with Crippen LogP contribution in [0.15, 0.2) is 24.3 Å². The molecular formula is C14H20N2O4. The van der Waals surface area contributed by atoms with Crippen molar-refractivity contribution in [1.82, 2.24) is 0 Å². The first-order valence-corrected chi connectivity index (χ1v) is 6.50. The first-order valence-electron chi connectivity index (χ1n) is 6.50. The zero-order valence-electron chi connectivity index (χ0n) is 11.5. The molecule has 0 bridgehead atoms. The van der Waals surface area contributed by atoms with Gasteiger partial charge >= 0.3 is 5.97 Å². The number of rotatable bonds is 8. The molecule has 0 saturated heterocycles. The Kier molecular flexibility index (Phi) is 6.52. The van der Waals surface area contributed by atoms with Gasteiger partial charge in [-0.2, -0.15) is 0 Å². The van der Waals surface area contributed by atoms with Crippen LogP contribution in [0.2, 0.25) is 0 Å². The maximum atomic E-state index is 12.2. The van der Waals surface area contributed by atoms with E-state index in [0.717, 1.165) is 0 Å². The Hall–Kier alpha value is -2.08. The van der Waals surface area contributed by atoms with E-state index in [-0.39, 0.29) is 25.3 Å². The highest BCUT2D eigenvalue weighted by molar-refractivity contribution is 5.96. The van der Waals surface area contributed by atoms with Gasteiger partial charge in [-0.25, -0.2) is 0 Å². The number of nitrogens with zero attached hydrogens (tertiary/aromatic N) is 1. The normalized spacial score (nSPS) is 10.2. The van der Waals surface area contributed by atoms with Crippen LogP contribution in [0.25, 0.3) is 0 Å². The number of carboxylic acid groups (broad SMARTS) is 1. The summed E-state index contributed by atoms with van der Waals surface area (Å²) >= 11 is 0. The van der Waals surface area contributed by atoms with Gasteiger partial charge in [-0.1, -0.05) is 12.1 Å². The summed E-state index contributed by atoms with van der Waals surface area (Å²) in [5, 5.41) is 8.78. The summed E-state index contributed by atoms with van der Waals surface area (Å²) in [5.74, 6) is -1.15. The van der Waals surface area contributed by atoms with Crippen molar-refractivity contribution in [1.29, 1.82) is 0 Å². The number of carbonyl (C=O) groups is 2. The zero-order valence-corrected chi connectivity index (χ0v) is 11.5. The summed E-state index contributed by atoms with van der Waals surface area (Å²) in [7, 11) is 0. The van der Waals surface area contributed by atoms with E-state index in [1.165, 1.54) is 4.90 Å². The van der Waals surface area contributed by atoms with E-state index < -0.39 is 5.97 Å². The fourth-order valence-corrected chi connectivity index (χ4v) is 1.76. The summed E-state index contributed by atoms with van der Waals surface area (Å²) in [6, 6.07) is 6.91. The highest BCUT2D eigenvalue weighted by Crippen LogP contribution is 2.23. The Bertz CT molecular complexity index is 462. The fraction of sp³-hybridized carbons (Fsp3) is 0.429. The molecule has 0 heterocycles. The van der Waals surface area contributed by atoms with E-state index in [1.54, 1.807) is 24.3 Å². The number of carbonyl (C=O) groups excluding carboxylic acids is 1. The van der Waals surface area contributed by atoms with Crippen LogP contribution < -0.4 is 10.6 Å². The van der Waals surface area contributed by atoms with E-state index >= 15 is 0 Å². The highest BCUT2D eigenvalue weighted by atomic mass is 16.5. The lowest BCUT2D eigenvalue weighted by molar-refractivity contribution is -0.136. The molecule has 6 heteroatoms. The third-order valence-corrected chi connectivity index (χ3v) is 2.74. The van der Waals surface area contributed by atoms with Crippen LogP contribution in [-0.2, 0) is 14.3 Å². The SMILES string of the molecule is CCOCCC(=O)N(CCC(=O)O)c1ccccc1N. The molecule has 0 aromatic heterocycles. The molecule has 20 heavy (non-hydrogen) atoms. The van der Waals surface area contributed by atoms with Gasteiger partial charge in [0.15, 0.2) is 0 Å². The Labute approximate surface area is 118 Å². The Morgan fingerprint density at radius 3 is 2.60 bits per heavy atom. The van der Waals surface area contributed by atoms with Crippen molar-refractivity contribution in [2.24, 2.45) is 0 Å². The molecule has 0 atom stereocenters. The zero-order chi connectivity index (χ0) is 15.0. The average Bonchev–Trinajstić information content (AvgIpc) is 2.41. The molecule has 0 fully saturated rings. The number of anilines is 2. The molecule has 6 nitrogen and oxygen atoms in total. The molecule has 3 N–H and O–H groups in total. The van der Waals surface area contributed by atoms with Gasteiger partial charge in [0.1, 0.15) is 0 Å². The van der Waals surface area contributed by atoms with Gasteiger partial charge in [-0.15, -0.1) is 0 Å². The number of hydrogen-bond acceptors (Lipinski definition) is 4. The quantitative estimate of drug-likeness (QED) is 0.556. The lowest BCUT2D eigenvalue weighted by atomic mass is 10.2. The van der Waals surface area contributed by atoms with Crippen LogP contribution in [0, 0.1) is 0 Å². The average molecular weight is 280 g/mol. The molecular weight excluding hydrogens is 260 g/mol. The number of para-hydroxylation sites is 2. The topological polar surface area (TPSA) is 92.9 Å². The van der Waals surface area contributed by atoms with Crippen molar-refractivity contribution >= 4 is 23.3 Å². The first-order chi connectivity index (χ1) is 9.56. The summed E-state index contributed by atoms with van der Waals surface area (Å²) in [6.07, 6.45) is 0.0660. The molecule has 0 spiro atoms. The summed E-state index contributed by atoms with van der Waals surface area (Å²) < 4.78 is 5.15. The van der Waals surface area contributed by atoms with Crippen molar-refractivity contribution in [2.45, 2.75) is 19.8 Å². The molecule has 0 aliphatic rings. The van der Waals surface area contributed by atoms with E-state index in [4.69, 9.17) is 15.6 Å². The van der Waals surface area contributed by atoms with E-state index in [9.17, 15) is 9.59 Å². The lowest BCUT2D eigenvalue weighted by Crippen LogP contribution is -2.34. The molecule has 0 saturated carbocycles. The minimum absolute atomic E-state index is 0.0918. The Morgan fingerprint density at radius 1 is 1.30 bits per heavy atom. The standard InChI is InChI=1S/C14H20N2O4/c1-2-20-10-8-13(17)16(9-7-14(18)19)12-6-4-3-5-11(12)15/h3-6H,2,7-10,15H2,1H3,(H,18,19). The van der Waals surface area contributed by atoms with Gasteiger partial charge in [-0.05, 0) is 19.1 Å². The van der Waals surface area contributed by atoms with Crippen molar-refractivity contribution in [2.75, 3.05) is 30.4 Å². The molecule has 0 radical (unpaired) electrons. The van der Waals surface area contributed by atoms with Gasteiger partial charge in [0, 0.05) is 13.2 Å². The summed E-state index contributed by atoms with van der Waals surface area (Å²) in [4.78, 5) is 24.3. The molecule has 1 rings (SSSR count). The second-order valence-electron chi connectivity index (χ2n) is 4.19. The summed E-state index contributed by atoms with van der Waals surface area (Å²) in [6.45, 7) is 2.79. The Morgan fingerprint density at radius 2 is 2.00 bits per heavy atom. The minimum Gasteiger partial charge on any atom is -0.481 e. The predicted molar refractivity (Wildman–Crippen MR) is 76.6 cm³/mol. The third kappa shape index (κ3) is 4.89. The highest BCUT2D eigenvalue weighted by Gasteiger charge is 2.18. The number of carboxylic acids is 1. The van der Waals surface area contributed by atoms with Crippen LogP contribution >= 0.6 is 0 Å². The molecule has 1 aromatic carbocycles. The second kappa shape index (κ2) is 8.16. The van der Waals surface area contributed by atoms with Crippen LogP contribution in [0.4, 0.5) is 11.4 Å². The maximum absolute atomic E-state index is 12.2. The molecule has 110 valence electrons. The van der Waals surface area contributed by atoms with Gasteiger partial charge in [0.05, 0.1) is 30.8 Å². The Balaban J connectivity index is 2.82. The molecule has 1 amide bonds. The molecule has 1 aromatic rings. The fourth-order valence-electron chi connectivity index (χ4n) is 1.76. The van der Waals surface area contributed by atoms with Gasteiger partial charge in [0.2, 0.25) is 5.91 Å². The largest absolute Gasteiger partial charge is 0.481 e. The van der Waals surface area contributed by atoms with Gasteiger partial charge in [0.25, 0.3) is 0 Å². The molecule has 0 unspecified atom stereocenters. The van der Waals surface area contributed by atoms with Crippen LogP contribution in [0.3, 0.4) is 0 Å². The van der Waals surface area contributed by atoms with Gasteiger partial charge in [-0.3, -0.25) is 9.59 Å². The number of nitrogen functional groups attached to an aromatic ring is 1. The molecule has 0 aliphatic carbocycles. The number of hydrogen-bond donors (Lipinski definition) is 2. The van der Waals surface area contributed by atoms with Crippen LogP contribution in [0.5, 0.6) is 0 Å². The smallest absolute Gasteiger partial charge is 0.305 e. The first kappa shape index (κ1) is 16.0. The predicted octanol–water partition coefficient (Wildman–Crippen LogP) is 1.50. The monoisotopic (exact) mass is 280 g/mol. The maximum Gasteiger partial charge on any atom is 0.305 e. The van der Waals surface area contributed by atoms with Crippen molar-refractivity contribution in [3.05, 3.63) is 24.3 Å². The number of benzene rings is 1. The minimum atomic E-state index is -0.956. The summed E-state index contributed by atoms with van der Waals surface area (Å²) in [5.41, 5.74) is 6.83. The second-order valence-corrected chi connectivity index (χ2v) is 4.19. The number of aliphatic carboxylic acids is 1. The number of ether oxygens (including phenoxy) is 1. The van der Waals surface area contributed by atoms with Crippen molar-refractivity contribution in [3.63, 3.8) is 0 Å². The van der Waals surface area contributed by atoms with E-state index in [0.29, 0.717) is 24.6 Å². The lowest BCUT2D eigenvalue weighted by Gasteiger charge is -2.23. The third-order valence-electron chi connectivity index (χ3n) is 2.74. The van der Waals surface area contributed by atoms with Crippen molar-refractivity contribution in [3.8, 4) is 0 Å². The number of nitrogens with two attached hydrogens (primary N) is 1. The number of amides is 1. The van der Waals surface area contributed by atoms with E-state index in [1.807, 2.05) is 6.92 Å².